The summed E-state index contributed by atoms with van der Waals surface area (Å²) < 4.78 is 5.36. The van der Waals surface area contributed by atoms with Crippen molar-refractivity contribution in [2.45, 2.75) is 71.1 Å². The van der Waals surface area contributed by atoms with Gasteiger partial charge in [0.15, 0.2) is 0 Å². The first-order valence-corrected chi connectivity index (χ1v) is 7.52. The fourth-order valence-corrected chi connectivity index (χ4v) is 2.98. The minimum absolute atomic E-state index is 0.254. The molecular formula is C16H28O2. The van der Waals surface area contributed by atoms with Crippen molar-refractivity contribution in [2.75, 3.05) is 6.61 Å². The van der Waals surface area contributed by atoms with Gasteiger partial charge in [0.05, 0.1) is 6.61 Å². The topological polar surface area (TPSA) is 26.3 Å². The van der Waals surface area contributed by atoms with Crippen LogP contribution in [0, 0.1) is 5.41 Å². The van der Waals surface area contributed by atoms with Crippen LogP contribution in [-0.2, 0) is 9.53 Å². The van der Waals surface area contributed by atoms with Crippen LogP contribution >= 0.6 is 0 Å². The molecule has 1 rings (SSSR count). The second kappa shape index (κ2) is 8.34. The summed E-state index contributed by atoms with van der Waals surface area (Å²) in [5.41, 5.74) is 0.254. The summed E-state index contributed by atoms with van der Waals surface area (Å²) in [5.74, 6) is -0.269. The molecule has 2 nitrogen and oxygen atoms in total. The Labute approximate surface area is 112 Å². The number of hydrogen-bond acceptors (Lipinski definition) is 2. The SMILES string of the molecule is C=CC(=O)OCC1(CCCCC)CCCCCC1. The molecule has 0 amide bonds. The third-order valence-electron chi connectivity index (χ3n) is 4.16. The Morgan fingerprint density at radius 1 is 1.22 bits per heavy atom. The molecule has 0 aromatic rings. The molecule has 1 aliphatic carbocycles. The van der Waals surface area contributed by atoms with Crippen molar-refractivity contribution in [3.8, 4) is 0 Å². The molecule has 1 saturated carbocycles. The Morgan fingerprint density at radius 2 is 1.89 bits per heavy atom. The monoisotopic (exact) mass is 252 g/mol. The van der Waals surface area contributed by atoms with E-state index in [2.05, 4.69) is 13.5 Å². The molecule has 0 saturated heterocycles. The van der Waals surface area contributed by atoms with Crippen molar-refractivity contribution in [1.82, 2.24) is 0 Å². The number of esters is 1. The maximum Gasteiger partial charge on any atom is 0.330 e. The van der Waals surface area contributed by atoms with Crippen LogP contribution in [0.25, 0.3) is 0 Å². The van der Waals surface area contributed by atoms with E-state index in [9.17, 15) is 4.79 Å². The molecule has 2 heteroatoms. The standard InChI is InChI=1S/C16H28O2/c1-3-5-8-11-16(14-18-15(17)4-2)12-9-6-7-10-13-16/h4H,2-3,5-14H2,1H3. The molecule has 0 aliphatic heterocycles. The molecule has 1 aliphatic rings. The van der Waals surface area contributed by atoms with Gasteiger partial charge >= 0.3 is 5.97 Å². The van der Waals surface area contributed by atoms with E-state index in [0.29, 0.717) is 6.61 Å². The minimum atomic E-state index is -0.269. The highest BCUT2D eigenvalue weighted by Crippen LogP contribution is 2.39. The Bertz CT molecular complexity index is 250. The number of rotatable bonds is 7. The molecule has 0 atom stereocenters. The molecule has 104 valence electrons. The van der Waals surface area contributed by atoms with Crippen molar-refractivity contribution in [1.29, 1.82) is 0 Å². The molecule has 0 unspecified atom stereocenters. The van der Waals surface area contributed by atoms with E-state index in [0.717, 1.165) is 0 Å². The molecule has 0 aromatic heterocycles. The molecule has 0 heterocycles. The maximum absolute atomic E-state index is 11.3. The van der Waals surface area contributed by atoms with Gasteiger partial charge in [0.1, 0.15) is 0 Å². The fraction of sp³-hybridized carbons (Fsp3) is 0.812. The summed E-state index contributed by atoms with van der Waals surface area (Å²) in [5, 5.41) is 0. The van der Waals surface area contributed by atoms with Crippen LogP contribution in [-0.4, -0.2) is 12.6 Å². The number of ether oxygens (including phenoxy) is 1. The van der Waals surface area contributed by atoms with Crippen LogP contribution in [0.5, 0.6) is 0 Å². The first-order chi connectivity index (χ1) is 8.72. The lowest BCUT2D eigenvalue weighted by atomic mass is 9.77. The zero-order chi connectivity index (χ0) is 13.3. The highest BCUT2D eigenvalue weighted by Gasteiger charge is 2.31. The van der Waals surface area contributed by atoms with Crippen molar-refractivity contribution in [3.05, 3.63) is 12.7 Å². The highest BCUT2D eigenvalue weighted by molar-refractivity contribution is 5.81. The fourth-order valence-electron chi connectivity index (χ4n) is 2.98. The minimum Gasteiger partial charge on any atom is -0.462 e. The van der Waals surface area contributed by atoms with Gasteiger partial charge in [-0.1, -0.05) is 58.4 Å². The highest BCUT2D eigenvalue weighted by atomic mass is 16.5. The largest absolute Gasteiger partial charge is 0.462 e. The lowest BCUT2D eigenvalue weighted by Gasteiger charge is -2.32. The van der Waals surface area contributed by atoms with Crippen molar-refractivity contribution in [2.24, 2.45) is 5.41 Å². The summed E-state index contributed by atoms with van der Waals surface area (Å²) in [4.78, 5) is 11.3. The number of hydrogen-bond donors (Lipinski definition) is 0. The molecular weight excluding hydrogens is 224 g/mol. The third kappa shape index (κ3) is 5.24. The van der Waals surface area contributed by atoms with E-state index in [1.807, 2.05) is 0 Å². The first-order valence-electron chi connectivity index (χ1n) is 7.52. The quantitative estimate of drug-likeness (QED) is 0.286. The maximum atomic E-state index is 11.3. The molecule has 0 radical (unpaired) electrons. The zero-order valence-corrected chi connectivity index (χ0v) is 11.9. The van der Waals surface area contributed by atoms with E-state index >= 15 is 0 Å². The molecule has 0 aromatic carbocycles. The van der Waals surface area contributed by atoms with Gasteiger partial charge in [-0.15, -0.1) is 0 Å². The van der Waals surface area contributed by atoms with E-state index in [1.165, 1.54) is 70.3 Å². The Hall–Kier alpha value is -0.790. The smallest absolute Gasteiger partial charge is 0.330 e. The summed E-state index contributed by atoms with van der Waals surface area (Å²) in [6.45, 7) is 6.30. The average Bonchev–Trinajstić information content (AvgIpc) is 2.63. The van der Waals surface area contributed by atoms with Crippen LogP contribution in [0.15, 0.2) is 12.7 Å². The Kier molecular flexibility index (Phi) is 7.07. The Morgan fingerprint density at radius 3 is 2.44 bits per heavy atom. The van der Waals surface area contributed by atoms with Crippen molar-refractivity contribution in [3.63, 3.8) is 0 Å². The van der Waals surface area contributed by atoms with Gasteiger partial charge in [-0.25, -0.2) is 4.79 Å². The number of carbonyl (C=O) groups excluding carboxylic acids is 1. The summed E-state index contributed by atoms with van der Waals surface area (Å²) in [6.07, 6.45) is 14.0. The second-order valence-corrected chi connectivity index (χ2v) is 5.68. The van der Waals surface area contributed by atoms with Crippen LogP contribution in [0.3, 0.4) is 0 Å². The van der Waals surface area contributed by atoms with Crippen LogP contribution < -0.4 is 0 Å². The average molecular weight is 252 g/mol. The molecule has 1 fully saturated rings. The van der Waals surface area contributed by atoms with Gasteiger partial charge in [0, 0.05) is 11.5 Å². The third-order valence-corrected chi connectivity index (χ3v) is 4.16. The van der Waals surface area contributed by atoms with Gasteiger partial charge in [0.2, 0.25) is 0 Å². The number of unbranched alkanes of at least 4 members (excludes halogenated alkanes) is 2. The number of carbonyl (C=O) groups is 1. The van der Waals surface area contributed by atoms with Gasteiger partial charge in [-0.05, 0) is 19.3 Å². The summed E-state index contributed by atoms with van der Waals surface area (Å²) >= 11 is 0. The molecule has 0 N–H and O–H groups in total. The normalized spacial score (nSPS) is 18.9. The van der Waals surface area contributed by atoms with Crippen LogP contribution in [0.1, 0.15) is 71.1 Å². The van der Waals surface area contributed by atoms with Crippen molar-refractivity contribution < 1.29 is 9.53 Å². The van der Waals surface area contributed by atoms with Gasteiger partial charge in [0.25, 0.3) is 0 Å². The van der Waals surface area contributed by atoms with E-state index in [4.69, 9.17) is 4.74 Å². The van der Waals surface area contributed by atoms with E-state index < -0.39 is 0 Å². The predicted octanol–water partition coefficient (Wildman–Crippen LogP) is 4.64. The molecule has 0 bridgehead atoms. The molecule has 0 spiro atoms. The van der Waals surface area contributed by atoms with E-state index in [1.54, 1.807) is 0 Å². The van der Waals surface area contributed by atoms with Crippen LogP contribution in [0.4, 0.5) is 0 Å². The van der Waals surface area contributed by atoms with Gasteiger partial charge in [-0.3, -0.25) is 0 Å². The van der Waals surface area contributed by atoms with Gasteiger partial charge < -0.3 is 4.74 Å². The lowest BCUT2D eigenvalue weighted by molar-refractivity contribution is -0.142. The van der Waals surface area contributed by atoms with E-state index in [-0.39, 0.29) is 11.4 Å². The lowest BCUT2D eigenvalue weighted by Crippen LogP contribution is -2.28. The van der Waals surface area contributed by atoms with Crippen LogP contribution in [0.2, 0.25) is 0 Å². The van der Waals surface area contributed by atoms with Gasteiger partial charge in [-0.2, -0.15) is 0 Å². The Balaban J connectivity index is 2.53. The first kappa shape index (κ1) is 15.3. The summed E-state index contributed by atoms with van der Waals surface area (Å²) in [7, 11) is 0. The molecule has 18 heavy (non-hydrogen) atoms. The second-order valence-electron chi connectivity index (χ2n) is 5.68. The van der Waals surface area contributed by atoms with Crippen molar-refractivity contribution >= 4 is 5.97 Å². The predicted molar refractivity (Wildman–Crippen MR) is 75.4 cm³/mol. The zero-order valence-electron chi connectivity index (χ0n) is 11.9. The summed E-state index contributed by atoms with van der Waals surface area (Å²) in [6, 6.07) is 0.